The lowest BCUT2D eigenvalue weighted by Crippen LogP contribution is -2.37. The van der Waals surface area contributed by atoms with Crippen molar-refractivity contribution in [1.29, 1.82) is 0 Å². The zero-order chi connectivity index (χ0) is 21.3. The number of aromatic nitrogens is 3. The molecule has 1 unspecified atom stereocenters. The molecule has 1 aromatic carbocycles. The fourth-order valence-electron chi connectivity index (χ4n) is 4.76. The van der Waals surface area contributed by atoms with Crippen LogP contribution in [-0.4, -0.2) is 52.3 Å². The number of aryl methyl sites for hydroxylation is 1. The molecule has 3 aromatic rings. The van der Waals surface area contributed by atoms with Crippen molar-refractivity contribution in [2.75, 3.05) is 26.3 Å². The smallest absolute Gasteiger partial charge is 0.247 e. The first-order chi connectivity index (χ1) is 15.1. The third-order valence-corrected chi connectivity index (χ3v) is 6.63. The first-order valence-electron chi connectivity index (χ1n) is 10.8. The summed E-state index contributed by atoms with van der Waals surface area (Å²) < 4.78 is 11.8. The SMILES string of the molecule is Cc1ccc(CC(=O)N2CC(c3nnc(-c4ccncc4)o3)C3(CCOCC3)C2)cc1. The number of hydrogen-bond donors (Lipinski definition) is 0. The molecule has 7 nitrogen and oxygen atoms in total. The molecule has 7 heteroatoms. The number of carbonyl (C=O) groups excluding carboxylic acids is 1. The van der Waals surface area contributed by atoms with E-state index in [2.05, 4.69) is 34.2 Å². The van der Waals surface area contributed by atoms with Crippen molar-refractivity contribution in [3.8, 4) is 11.5 Å². The van der Waals surface area contributed by atoms with Crippen molar-refractivity contribution in [1.82, 2.24) is 20.1 Å². The highest BCUT2D eigenvalue weighted by Crippen LogP contribution is 2.49. The molecule has 0 radical (unpaired) electrons. The molecule has 2 aromatic heterocycles. The first-order valence-corrected chi connectivity index (χ1v) is 10.8. The number of likely N-dealkylation sites (tertiary alicyclic amines) is 1. The first kappa shape index (κ1) is 19.9. The summed E-state index contributed by atoms with van der Waals surface area (Å²) in [6.07, 6.45) is 5.60. The molecule has 1 atom stereocenters. The van der Waals surface area contributed by atoms with Crippen LogP contribution in [0.15, 0.2) is 53.2 Å². The maximum absolute atomic E-state index is 13.2. The maximum Gasteiger partial charge on any atom is 0.247 e. The normalized spacial score (nSPS) is 20.3. The van der Waals surface area contributed by atoms with Gasteiger partial charge in [-0.15, -0.1) is 10.2 Å². The van der Waals surface area contributed by atoms with Gasteiger partial charge in [0, 0.05) is 49.7 Å². The Balaban J connectivity index is 1.39. The van der Waals surface area contributed by atoms with Gasteiger partial charge in [-0.05, 0) is 37.5 Å². The third kappa shape index (κ3) is 3.97. The van der Waals surface area contributed by atoms with Crippen LogP contribution in [0.3, 0.4) is 0 Å². The van der Waals surface area contributed by atoms with Crippen molar-refractivity contribution in [2.24, 2.45) is 5.41 Å². The molecule has 31 heavy (non-hydrogen) atoms. The van der Waals surface area contributed by atoms with Crippen LogP contribution < -0.4 is 0 Å². The predicted octanol–water partition coefficient (Wildman–Crippen LogP) is 3.41. The summed E-state index contributed by atoms with van der Waals surface area (Å²) in [7, 11) is 0. The van der Waals surface area contributed by atoms with Crippen molar-refractivity contribution >= 4 is 5.91 Å². The average Bonchev–Trinajstić information content (AvgIpc) is 3.42. The summed E-state index contributed by atoms with van der Waals surface area (Å²) in [5, 5.41) is 8.67. The van der Waals surface area contributed by atoms with E-state index in [4.69, 9.17) is 9.15 Å². The minimum Gasteiger partial charge on any atom is -0.420 e. The van der Waals surface area contributed by atoms with Gasteiger partial charge >= 0.3 is 0 Å². The standard InChI is InChI=1S/C24H26N4O3/c1-17-2-4-18(5-3-17)14-21(29)28-15-20(24(16-28)8-12-30-13-9-24)23-27-26-22(31-23)19-6-10-25-11-7-19/h2-7,10-11,20H,8-9,12-16H2,1H3. The Hall–Kier alpha value is -3.06. The lowest BCUT2D eigenvalue weighted by molar-refractivity contribution is -0.130. The van der Waals surface area contributed by atoms with Gasteiger partial charge in [-0.3, -0.25) is 9.78 Å². The number of hydrogen-bond acceptors (Lipinski definition) is 6. The average molecular weight is 418 g/mol. The van der Waals surface area contributed by atoms with Crippen LogP contribution >= 0.6 is 0 Å². The Kier molecular flexibility index (Phi) is 5.28. The zero-order valence-corrected chi connectivity index (χ0v) is 17.7. The van der Waals surface area contributed by atoms with E-state index in [1.54, 1.807) is 12.4 Å². The third-order valence-electron chi connectivity index (χ3n) is 6.63. The van der Waals surface area contributed by atoms with Crippen LogP contribution in [0.2, 0.25) is 0 Å². The van der Waals surface area contributed by atoms with Gasteiger partial charge < -0.3 is 14.1 Å². The van der Waals surface area contributed by atoms with E-state index in [1.165, 1.54) is 5.56 Å². The minimum atomic E-state index is -0.0801. The van der Waals surface area contributed by atoms with Crippen LogP contribution in [0.4, 0.5) is 0 Å². The van der Waals surface area contributed by atoms with Crippen LogP contribution in [0, 0.1) is 12.3 Å². The lowest BCUT2D eigenvalue weighted by Gasteiger charge is -2.36. The minimum absolute atomic E-state index is 0.0152. The number of pyridine rings is 1. The summed E-state index contributed by atoms with van der Waals surface area (Å²) in [6, 6.07) is 11.9. The molecule has 2 aliphatic heterocycles. The zero-order valence-electron chi connectivity index (χ0n) is 17.7. The Morgan fingerprint density at radius 3 is 2.58 bits per heavy atom. The van der Waals surface area contributed by atoms with Gasteiger partial charge in [-0.25, -0.2) is 0 Å². The van der Waals surface area contributed by atoms with E-state index in [0.717, 1.165) is 24.0 Å². The number of benzene rings is 1. The molecule has 2 aliphatic rings. The van der Waals surface area contributed by atoms with Gasteiger partial charge in [0.05, 0.1) is 12.3 Å². The van der Waals surface area contributed by atoms with Gasteiger partial charge in [0.1, 0.15) is 0 Å². The second-order valence-electron chi connectivity index (χ2n) is 8.65. The largest absolute Gasteiger partial charge is 0.420 e. The van der Waals surface area contributed by atoms with Crippen molar-refractivity contribution < 1.29 is 13.9 Å². The molecule has 4 heterocycles. The second kappa shape index (κ2) is 8.23. The Bertz CT molecular complexity index is 1040. The van der Waals surface area contributed by atoms with E-state index in [-0.39, 0.29) is 17.2 Å². The topological polar surface area (TPSA) is 81.4 Å². The molecule has 0 saturated carbocycles. The van der Waals surface area contributed by atoms with E-state index >= 15 is 0 Å². The van der Waals surface area contributed by atoms with Crippen LogP contribution in [0.5, 0.6) is 0 Å². The van der Waals surface area contributed by atoms with Crippen LogP contribution in [0.25, 0.3) is 11.5 Å². The van der Waals surface area contributed by atoms with Gasteiger partial charge in [0.25, 0.3) is 0 Å². The molecule has 0 aliphatic carbocycles. The summed E-state index contributed by atoms with van der Waals surface area (Å²) in [6.45, 7) is 4.75. The Morgan fingerprint density at radius 2 is 1.84 bits per heavy atom. The summed E-state index contributed by atoms with van der Waals surface area (Å²) >= 11 is 0. The molecule has 1 amide bonds. The van der Waals surface area contributed by atoms with Gasteiger partial charge in [0.2, 0.25) is 17.7 Å². The van der Waals surface area contributed by atoms with Crippen LogP contribution in [-0.2, 0) is 16.0 Å². The highest BCUT2D eigenvalue weighted by atomic mass is 16.5. The van der Waals surface area contributed by atoms with Gasteiger partial charge in [0.15, 0.2) is 0 Å². The lowest BCUT2D eigenvalue weighted by atomic mass is 9.72. The Morgan fingerprint density at radius 1 is 1.10 bits per heavy atom. The highest BCUT2D eigenvalue weighted by molar-refractivity contribution is 5.79. The molecule has 2 fully saturated rings. The van der Waals surface area contributed by atoms with Crippen molar-refractivity contribution in [3.63, 3.8) is 0 Å². The van der Waals surface area contributed by atoms with Gasteiger partial charge in [-0.1, -0.05) is 29.8 Å². The Labute approximate surface area is 181 Å². The predicted molar refractivity (Wildman–Crippen MR) is 114 cm³/mol. The molecule has 5 rings (SSSR count). The summed E-state index contributed by atoms with van der Waals surface area (Å²) in [5.74, 6) is 1.26. The summed E-state index contributed by atoms with van der Waals surface area (Å²) in [4.78, 5) is 19.2. The van der Waals surface area contributed by atoms with Crippen LogP contribution in [0.1, 0.15) is 35.8 Å². The maximum atomic E-state index is 13.2. The molecule has 1 spiro atoms. The summed E-state index contributed by atoms with van der Waals surface area (Å²) in [5.41, 5.74) is 3.00. The number of amides is 1. The van der Waals surface area contributed by atoms with Crippen molar-refractivity contribution in [3.05, 3.63) is 65.8 Å². The number of carbonyl (C=O) groups is 1. The van der Waals surface area contributed by atoms with Gasteiger partial charge in [-0.2, -0.15) is 0 Å². The molecular weight excluding hydrogens is 392 g/mol. The molecule has 0 N–H and O–H groups in total. The number of rotatable bonds is 4. The molecule has 2 saturated heterocycles. The number of ether oxygens (including phenoxy) is 1. The van der Waals surface area contributed by atoms with E-state index in [0.29, 0.717) is 44.5 Å². The number of nitrogens with zero attached hydrogens (tertiary/aromatic N) is 4. The fourth-order valence-corrected chi connectivity index (χ4v) is 4.76. The van der Waals surface area contributed by atoms with E-state index in [1.807, 2.05) is 29.2 Å². The van der Waals surface area contributed by atoms with E-state index < -0.39 is 0 Å². The highest BCUT2D eigenvalue weighted by Gasteiger charge is 2.51. The fraction of sp³-hybridized carbons (Fsp3) is 0.417. The monoisotopic (exact) mass is 418 g/mol. The molecule has 0 bridgehead atoms. The van der Waals surface area contributed by atoms with Crippen molar-refractivity contribution in [2.45, 2.75) is 32.1 Å². The quantitative estimate of drug-likeness (QED) is 0.646. The molecule has 160 valence electrons. The van der Waals surface area contributed by atoms with E-state index in [9.17, 15) is 4.79 Å². The molecular formula is C24H26N4O3. The second-order valence-corrected chi connectivity index (χ2v) is 8.65.